The molecule has 0 aromatic carbocycles. The van der Waals surface area contributed by atoms with E-state index in [0.717, 1.165) is 13.0 Å². The van der Waals surface area contributed by atoms with E-state index in [4.69, 9.17) is 0 Å². The van der Waals surface area contributed by atoms with Crippen LogP contribution in [0.15, 0.2) is 11.6 Å². The van der Waals surface area contributed by atoms with Crippen molar-refractivity contribution in [3.8, 4) is 0 Å². The standard InChI is InChI=1S/C8H11NO/c1-5(10)7-4-6-2-3-9-8(6)7/h2,7-9H,3-4H2,1H3. The lowest BCUT2D eigenvalue weighted by Crippen LogP contribution is -2.45. The second kappa shape index (κ2) is 1.92. The molecule has 10 heavy (non-hydrogen) atoms. The van der Waals surface area contributed by atoms with Gasteiger partial charge in [-0.3, -0.25) is 4.79 Å². The average molecular weight is 137 g/mol. The van der Waals surface area contributed by atoms with Gasteiger partial charge in [-0.2, -0.15) is 0 Å². The lowest BCUT2D eigenvalue weighted by molar-refractivity contribution is -0.122. The summed E-state index contributed by atoms with van der Waals surface area (Å²) < 4.78 is 0. The maximum Gasteiger partial charge on any atom is 0.135 e. The summed E-state index contributed by atoms with van der Waals surface area (Å²) in [4.78, 5) is 10.9. The second-order valence-corrected chi connectivity index (χ2v) is 3.09. The SMILES string of the molecule is CC(=O)C1CC2=CCNC21. The highest BCUT2D eigenvalue weighted by atomic mass is 16.1. The van der Waals surface area contributed by atoms with Crippen LogP contribution in [0.25, 0.3) is 0 Å². The van der Waals surface area contributed by atoms with Crippen LogP contribution >= 0.6 is 0 Å². The third-order valence-electron chi connectivity index (χ3n) is 2.48. The Morgan fingerprint density at radius 2 is 2.60 bits per heavy atom. The van der Waals surface area contributed by atoms with E-state index in [1.54, 1.807) is 6.92 Å². The molecule has 1 aliphatic carbocycles. The van der Waals surface area contributed by atoms with Crippen molar-refractivity contribution in [2.75, 3.05) is 6.54 Å². The summed E-state index contributed by atoms with van der Waals surface area (Å²) in [6.45, 7) is 2.64. The van der Waals surface area contributed by atoms with E-state index in [1.807, 2.05) is 0 Å². The molecule has 2 nitrogen and oxygen atoms in total. The minimum atomic E-state index is 0.286. The van der Waals surface area contributed by atoms with Crippen LogP contribution in [0.4, 0.5) is 0 Å². The molecule has 1 fully saturated rings. The Hall–Kier alpha value is -0.630. The zero-order valence-corrected chi connectivity index (χ0v) is 6.05. The molecule has 1 N–H and O–H groups in total. The van der Waals surface area contributed by atoms with Gasteiger partial charge in [0.2, 0.25) is 0 Å². The maximum absolute atomic E-state index is 10.9. The molecule has 0 aromatic heterocycles. The molecule has 54 valence electrons. The zero-order valence-electron chi connectivity index (χ0n) is 6.05. The summed E-state index contributed by atoms with van der Waals surface area (Å²) >= 11 is 0. The summed E-state index contributed by atoms with van der Waals surface area (Å²) in [5, 5.41) is 3.27. The Kier molecular flexibility index (Phi) is 1.17. The number of rotatable bonds is 1. The number of Topliss-reactive ketones (excluding diaryl/α,β-unsaturated/α-hetero) is 1. The fraction of sp³-hybridized carbons (Fsp3) is 0.625. The van der Waals surface area contributed by atoms with Gasteiger partial charge in [0.05, 0.1) is 0 Å². The lowest BCUT2D eigenvalue weighted by Gasteiger charge is -2.34. The van der Waals surface area contributed by atoms with E-state index < -0.39 is 0 Å². The molecule has 1 heterocycles. The van der Waals surface area contributed by atoms with Crippen LogP contribution in [0.1, 0.15) is 13.3 Å². The quantitative estimate of drug-likeness (QED) is 0.533. The van der Waals surface area contributed by atoms with Gasteiger partial charge in [0.1, 0.15) is 5.78 Å². The summed E-state index contributed by atoms with van der Waals surface area (Å²) in [6, 6.07) is 0.414. The Balaban J connectivity index is 2.09. The van der Waals surface area contributed by atoms with Crippen molar-refractivity contribution in [2.24, 2.45) is 5.92 Å². The van der Waals surface area contributed by atoms with Gasteiger partial charge in [-0.1, -0.05) is 11.6 Å². The van der Waals surface area contributed by atoms with E-state index >= 15 is 0 Å². The first-order valence-electron chi connectivity index (χ1n) is 3.72. The van der Waals surface area contributed by atoms with Crippen molar-refractivity contribution in [2.45, 2.75) is 19.4 Å². The minimum absolute atomic E-state index is 0.286. The molecule has 0 aromatic rings. The summed E-state index contributed by atoms with van der Waals surface area (Å²) in [5.41, 5.74) is 1.44. The number of nitrogens with one attached hydrogen (secondary N) is 1. The highest BCUT2D eigenvalue weighted by Crippen LogP contribution is 2.36. The van der Waals surface area contributed by atoms with Crippen LogP contribution in [0, 0.1) is 5.92 Å². The molecule has 1 saturated carbocycles. The molecule has 2 aliphatic rings. The first kappa shape index (κ1) is 6.10. The fourth-order valence-electron chi connectivity index (χ4n) is 1.78. The predicted molar refractivity (Wildman–Crippen MR) is 38.7 cm³/mol. The average Bonchev–Trinajstić information content (AvgIpc) is 2.11. The van der Waals surface area contributed by atoms with E-state index in [1.165, 1.54) is 5.57 Å². The third kappa shape index (κ3) is 0.655. The van der Waals surface area contributed by atoms with Gasteiger partial charge >= 0.3 is 0 Å². The summed E-state index contributed by atoms with van der Waals surface area (Å²) in [7, 11) is 0. The molecular formula is C8H11NO. The van der Waals surface area contributed by atoms with Crippen LogP contribution in [0.2, 0.25) is 0 Å². The lowest BCUT2D eigenvalue weighted by atomic mass is 9.74. The number of hydrogen-bond acceptors (Lipinski definition) is 2. The van der Waals surface area contributed by atoms with Gasteiger partial charge in [0, 0.05) is 18.5 Å². The van der Waals surface area contributed by atoms with E-state index in [9.17, 15) is 4.79 Å². The molecule has 2 heteroatoms. The van der Waals surface area contributed by atoms with Crippen molar-refractivity contribution in [3.63, 3.8) is 0 Å². The van der Waals surface area contributed by atoms with Gasteiger partial charge in [-0.25, -0.2) is 0 Å². The van der Waals surface area contributed by atoms with Crippen LogP contribution in [0.3, 0.4) is 0 Å². The van der Waals surface area contributed by atoms with E-state index in [0.29, 0.717) is 11.8 Å². The second-order valence-electron chi connectivity index (χ2n) is 3.09. The molecule has 2 atom stereocenters. The topological polar surface area (TPSA) is 29.1 Å². The Morgan fingerprint density at radius 3 is 3.20 bits per heavy atom. The minimum Gasteiger partial charge on any atom is -0.306 e. The molecule has 0 spiro atoms. The maximum atomic E-state index is 10.9. The van der Waals surface area contributed by atoms with Crippen molar-refractivity contribution in [1.82, 2.24) is 5.32 Å². The molecule has 0 radical (unpaired) electrons. The number of ketones is 1. The van der Waals surface area contributed by atoms with E-state index in [2.05, 4.69) is 11.4 Å². The molecule has 0 bridgehead atoms. The van der Waals surface area contributed by atoms with Gasteiger partial charge < -0.3 is 5.32 Å². The number of hydrogen-bond donors (Lipinski definition) is 1. The van der Waals surface area contributed by atoms with Gasteiger partial charge in [-0.05, 0) is 13.3 Å². The first-order chi connectivity index (χ1) is 4.79. The van der Waals surface area contributed by atoms with Gasteiger partial charge in [0.25, 0.3) is 0 Å². The summed E-state index contributed by atoms with van der Waals surface area (Å²) in [6.07, 6.45) is 3.21. The monoisotopic (exact) mass is 137 g/mol. The van der Waals surface area contributed by atoms with Crippen molar-refractivity contribution in [1.29, 1.82) is 0 Å². The smallest absolute Gasteiger partial charge is 0.135 e. The fourth-order valence-corrected chi connectivity index (χ4v) is 1.78. The molecular weight excluding hydrogens is 126 g/mol. The van der Waals surface area contributed by atoms with Crippen LogP contribution in [-0.2, 0) is 4.79 Å². The van der Waals surface area contributed by atoms with Gasteiger partial charge in [-0.15, -0.1) is 0 Å². The van der Waals surface area contributed by atoms with Crippen molar-refractivity contribution < 1.29 is 4.79 Å². The van der Waals surface area contributed by atoms with Crippen molar-refractivity contribution >= 4 is 5.78 Å². The summed E-state index contributed by atoms with van der Waals surface area (Å²) in [5.74, 6) is 0.616. The Bertz CT molecular complexity index is 207. The van der Waals surface area contributed by atoms with Crippen LogP contribution in [0.5, 0.6) is 0 Å². The van der Waals surface area contributed by atoms with Gasteiger partial charge in [0.15, 0.2) is 0 Å². The molecule has 0 saturated heterocycles. The molecule has 1 aliphatic heterocycles. The predicted octanol–water partition coefficient (Wildman–Crippen LogP) is 0.493. The number of carbonyl (C=O) groups excluding carboxylic acids is 1. The van der Waals surface area contributed by atoms with Crippen LogP contribution in [-0.4, -0.2) is 18.4 Å². The molecule has 0 amide bonds. The largest absolute Gasteiger partial charge is 0.306 e. The first-order valence-corrected chi connectivity index (χ1v) is 3.72. The number of carbonyl (C=O) groups is 1. The normalized spacial score (nSPS) is 36.3. The zero-order chi connectivity index (χ0) is 7.14. The third-order valence-corrected chi connectivity index (χ3v) is 2.48. The molecule has 2 rings (SSSR count). The Labute approximate surface area is 60.3 Å². The number of fused-ring (bicyclic) bond motifs is 1. The molecule has 2 unspecified atom stereocenters. The highest BCUT2D eigenvalue weighted by molar-refractivity contribution is 5.82. The van der Waals surface area contributed by atoms with E-state index in [-0.39, 0.29) is 5.92 Å². The van der Waals surface area contributed by atoms with Crippen molar-refractivity contribution in [3.05, 3.63) is 11.6 Å². The highest BCUT2D eigenvalue weighted by Gasteiger charge is 2.40. The van der Waals surface area contributed by atoms with Crippen LogP contribution < -0.4 is 5.32 Å². The Morgan fingerprint density at radius 1 is 1.80 bits per heavy atom.